The molecule has 0 bridgehead atoms. The second-order valence-electron chi connectivity index (χ2n) is 4.41. The summed E-state index contributed by atoms with van der Waals surface area (Å²) in [7, 11) is 0. The van der Waals surface area contributed by atoms with Crippen LogP contribution in [0.4, 0.5) is 0 Å². The normalized spacial score (nSPS) is 19.1. The largest absolute Gasteiger partial charge is 0.385 e. The van der Waals surface area contributed by atoms with E-state index >= 15 is 0 Å². The molecule has 0 radical (unpaired) electrons. The van der Waals surface area contributed by atoms with Crippen LogP contribution in [0.15, 0.2) is 30.3 Å². The van der Waals surface area contributed by atoms with Gasteiger partial charge in [0.15, 0.2) is 0 Å². The highest BCUT2D eigenvalue weighted by atomic mass is 35.5. The van der Waals surface area contributed by atoms with Gasteiger partial charge in [-0.3, -0.25) is 4.79 Å². The van der Waals surface area contributed by atoms with Gasteiger partial charge in [-0.2, -0.15) is 0 Å². The Balaban J connectivity index is 2.05. The lowest BCUT2D eigenvalue weighted by Crippen LogP contribution is -2.45. The maximum Gasteiger partial charge on any atom is 0.237 e. The molecule has 1 fully saturated rings. The summed E-state index contributed by atoms with van der Waals surface area (Å²) in [4.78, 5) is 13.1. The van der Waals surface area contributed by atoms with Crippen LogP contribution in [-0.4, -0.2) is 34.9 Å². The number of rotatable bonds is 2. The standard InChI is InChI=1S/C13H16ClNO2/c14-10-12(16)15-8-6-13(17,7-9-15)11-4-2-1-3-5-11/h1-5,17H,6-10H2. The van der Waals surface area contributed by atoms with Crippen molar-refractivity contribution in [1.82, 2.24) is 4.90 Å². The number of amides is 1. The van der Waals surface area contributed by atoms with Crippen LogP contribution in [0.1, 0.15) is 18.4 Å². The van der Waals surface area contributed by atoms with E-state index in [1.807, 2.05) is 30.3 Å². The third-order valence-corrected chi connectivity index (χ3v) is 3.60. The molecule has 0 atom stereocenters. The quantitative estimate of drug-likeness (QED) is 0.816. The fourth-order valence-electron chi connectivity index (χ4n) is 2.25. The predicted molar refractivity (Wildman–Crippen MR) is 66.9 cm³/mol. The zero-order valence-corrected chi connectivity index (χ0v) is 10.4. The second kappa shape index (κ2) is 5.07. The molecule has 17 heavy (non-hydrogen) atoms. The molecule has 3 nitrogen and oxygen atoms in total. The summed E-state index contributed by atoms with van der Waals surface area (Å²) in [6.45, 7) is 1.13. The maximum absolute atomic E-state index is 11.4. The van der Waals surface area contributed by atoms with E-state index in [4.69, 9.17) is 11.6 Å². The topological polar surface area (TPSA) is 40.5 Å². The van der Waals surface area contributed by atoms with Gasteiger partial charge in [-0.05, 0) is 18.4 Å². The van der Waals surface area contributed by atoms with Crippen LogP contribution >= 0.6 is 11.6 Å². The van der Waals surface area contributed by atoms with Crippen LogP contribution in [0.25, 0.3) is 0 Å². The number of carbonyl (C=O) groups excluding carboxylic acids is 1. The molecule has 0 unspecified atom stereocenters. The third kappa shape index (κ3) is 2.61. The highest BCUT2D eigenvalue weighted by molar-refractivity contribution is 6.27. The average Bonchev–Trinajstić information content (AvgIpc) is 2.40. The molecule has 1 amide bonds. The van der Waals surface area contributed by atoms with Crippen molar-refractivity contribution >= 4 is 17.5 Å². The molecule has 1 heterocycles. The molecule has 2 rings (SSSR count). The van der Waals surface area contributed by atoms with Crippen LogP contribution in [-0.2, 0) is 10.4 Å². The van der Waals surface area contributed by atoms with Gasteiger partial charge in [0.1, 0.15) is 5.88 Å². The summed E-state index contributed by atoms with van der Waals surface area (Å²) in [6, 6.07) is 9.63. The first-order chi connectivity index (χ1) is 8.15. The molecule has 0 spiro atoms. The van der Waals surface area contributed by atoms with Gasteiger partial charge in [0.2, 0.25) is 5.91 Å². The van der Waals surface area contributed by atoms with Crippen molar-refractivity contribution < 1.29 is 9.90 Å². The first-order valence-corrected chi connectivity index (χ1v) is 6.31. The zero-order chi connectivity index (χ0) is 12.3. The number of benzene rings is 1. The second-order valence-corrected chi connectivity index (χ2v) is 4.68. The van der Waals surface area contributed by atoms with Crippen molar-refractivity contribution in [3.05, 3.63) is 35.9 Å². The zero-order valence-electron chi connectivity index (χ0n) is 9.60. The molecule has 1 aromatic rings. The number of piperidine rings is 1. The van der Waals surface area contributed by atoms with Gasteiger partial charge in [-0.25, -0.2) is 0 Å². The smallest absolute Gasteiger partial charge is 0.237 e. The summed E-state index contributed by atoms with van der Waals surface area (Å²) in [5, 5.41) is 10.5. The molecule has 1 saturated heterocycles. The van der Waals surface area contributed by atoms with E-state index in [-0.39, 0.29) is 11.8 Å². The number of hydrogen-bond donors (Lipinski definition) is 1. The SMILES string of the molecule is O=C(CCl)N1CCC(O)(c2ccccc2)CC1. The Hall–Kier alpha value is -1.06. The third-order valence-electron chi connectivity index (χ3n) is 3.37. The van der Waals surface area contributed by atoms with Gasteiger partial charge in [-0.1, -0.05) is 30.3 Å². The van der Waals surface area contributed by atoms with Gasteiger partial charge in [-0.15, -0.1) is 11.6 Å². The summed E-state index contributed by atoms with van der Waals surface area (Å²) < 4.78 is 0. The predicted octanol–water partition coefficient (Wildman–Crippen LogP) is 1.74. The Morgan fingerprint density at radius 3 is 2.41 bits per heavy atom. The van der Waals surface area contributed by atoms with Crippen LogP contribution in [0.3, 0.4) is 0 Å². The lowest BCUT2D eigenvalue weighted by molar-refractivity contribution is -0.133. The van der Waals surface area contributed by atoms with Crippen LogP contribution in [0, 0.1) is 0 Å². The first kappa shape index (κ1) is 12.4. The van der Waals surface area contributed by atoms with Gasteiger partial charge >= 0.3 is 0 Å². The Kier molecular flexibility index (Phi) is 3.69. The lowest BCUT2D eigenvalue weighted by atomic mass is 9.84. The summed E-state index contributed by atoms with van der Waals surface area (Å²) in [5.74, 6) is -0.0363. The van der Waals surface area contributed by atoms with Crippen molar-refractivity contribution in [2.45, 2.75) is 18.4 Å². The Bertz CT molecular complexity index is 386. The molecule has 0 aromatic heterocycles. The van der Waals surface area contributed by atoms with Crippen molar-refractivity contribution in [2.75, 3.05) is 19.0 Å². The van der Waals surface area contributed by atoms with E-state index in [1.165, 1.54) is 0 Å². The first-order valence-electron chi connectivity index (χ1n) is 5.77. The molecule has 1 N–H and O–H groups in total. The van der Waals surface area contributed by atoms with Gasteiger partial charge in [0.25, 0.3) is 0 Å². The van der Waals surface area contributed by atoms with Crippen molar-refractivity contribution in [3.8, 4) is 0 Å². The fourth-order valence-corrected chi connectivity index (χ4v) is 2.42. The van der Waals surface area contributed by atoms with E-state index in [0.717, 1.165) is 5.56 Å². The minimum absolute atomic E-state index is 0.0176. The fraction of sp³-hybridized carbons (Fsp3) is 0.462. The molecule has 92 valence electrons. The summed E-state index contributed by atoms with van der Waals surface area (Å²) in [5.41, 5.74) is 0.127. The van der Waals surface area contributed by atoms with Crippen LogP contribution in [0.5, 0.6) is 0 Å². The van der Waals surface area contributed by atoms with E-state index in [2.05, 4.69) is 0 Å². The van der Waals surface area contributed by atoms with Gasteiger partial charge in [0, 0.05) is 13.1 Å². The monoisotopic (exact) mass is 253 g/mol. The summed E-state index contributed by atoms with van der Waals surface area (Å²) >= 11 is 5.52. The Morgan fingerprint density at radius 2 is 1.88 bits per heavy atom. The van der Waals surface area contributed by atoms with Crippen molar-refractivity contribution in [3.63, 3.8) is 0 Å². The average molecular weight is 254 g/mol. The molecule has 0 saturated carbocycles. The number of nitrogens with zero attached hydrogens (tertiary/aromatic N) is 1. The van der Waals surface area contributed by atoms with Crippen LogP contribution in [0.2, 0.25) is 0 Å². The molecular weight excluding hydrogens is 238 g/mol. The summed E-state index contributed by atoms with van der Waals surface area (Å²) in [6.07, 6.45) is 1.14. The van der Waals surface area contributed by atoms with Crippen molar-refractivity contribution in [1.29, 1.82) is 0 Å². The van der Waals surface area contributed by atoms with Gasteiger partial charge in [0.05, 0.1) is 5.60 Å². The molecule has 1 aliphatic heterocycles. The molecule has 1 aromatic carbocycles. The number of carbonyl (C=O) groups is 1. The van der Waals surface area contributed by atoms with Crippen molar-refractivity contribution in [2.24, 2.45) is 0 Å². The number of alkyl halides is 1. The maximum atomic E-state index is 11.4. The minimum Gasteiger partial charge on any atom is -0.385 e. The molecule has 4 heteroatoms. The molecular formula is C13H16ClNO2. The Morgan fingerprint density at radius 1 is 1.29 bits per heavy atom. The van der Waals surface area contributed by atoms with E-state index < -0.39 is 5.60 Å². The van der Waals surface area contributed by atoms with E-state index in [0.29, 0.717) is 25.9 Å². The molecule has 1 aliphatic rings. The van der Waals surface area contributed by atoms with Crippen LogP contribution < -0.4 is 0 Å². The van der Waals surface area contributed by atoms with Gasteiger partial charge < -0.3 is 10.0 Å². The van der Waals surface area contributed by atoms with E-state index in [9.17, 15) is 9.90 Å². The minimum atomic E-state index is -0.801. The highest BCUT2D eigenvalue weighted by Crippen LogP contribution is 2.32. The molecule has 0 aliphatic carbocycles. The number of halogens is 1. The Labute approximate surface area is 106 Å². The lowest BCUT2D eigenvalue weighted by Gasteiger charge is -2.38. The number of likely N-dealkylation sites (tertiary alicyclic amines) is 1. The highest BCUT2D eigenvalue weighted by Gasteiger charge is 2.34. The number of hydrogen-bond acceptors (Lipinski definition) is 2. The number of aliphatic hydroxyl groups is 1. The van der Waals surface area contributed by atoms with E-state index in [1.54, 1.807) is 4.90 Å².